The van der Waals surface area contributed by atoms with E-state index in [9.17, 15) is 9.59 Å². The van der Waals surface area contributed by atoms with E-state index < -0.39 is 12.3 Å². The van der Waals surface area contributed by atoms with Gasteiger partial charge in [0.05, 0.1) is 0 Å². The molecule has 20 heavy (non-hydrogen) atoms. The first kappa shape index (κ1) is 13.6. The number of benzene rings is 2. The molecule has 0 spiro atoms. The number of ether oxygens (including phenoxy) is 1. The molecule has 0 radical (unpaired) electrons. The normalized spacial score (nSPS) is 10.6. The molecule has 3 rings (SSSR count). The fourth-order valence-corrected chi connectivity index (χ4v) is 2.15. The summed E-state index contributed by atoms with van der Waals surface area (Å²) in [5.41, 5.74) is 5.75. The minimum absolute atomic E-state index is 1.10. The largest absolute Gasteiger partial charge is 0.516 e. The predicted molar refractivity (Wildman–Crippen MR) is 71.8 cm³/mol. The molecule has 0 unspecified atom stereocenters. The maximum atomic E-state index is 9.21. The van der Waals surface area contributed by atoms with Gasteiger partial charge < -0.3 is 14.9 Å². The van der Waals surface area contributed by atoms with E-state index in [-0.39, 0.29) is 0 Å². The summed E-state index contributed by atoms with van der Waals surface area (Å²) in [6, 6.07) is 17.3. The molecule has 1 aliphatic carbocycles. The molecule has 0 amide bonds. The van der Waals surface area contributed by atoms with Gasteiger partial charge in [-0.05, 0) is 28.7 Å². The van der Waals surface area contributed by atoms with Crippen LogP contribution in [0.4, 0.5) is 9.59 Å². The van der Waals surface area contributed by atoms with Crippen molar-refractivity contribution < 1.29 is 24.5 Å². The van der Waals surface area contributed by atoms with Crippen LogP contribution in [-0.4, -0.2) is 22.5 Å². The Kier molecular flexibility index (Phi) is 4.00. The van der Waals surface area contributed by atoms with Crippen LogP contribution in [-0.2, 0) is 11.2 Å². The maximum Gasteiger partial charge on any atom is 0.516 e. The fraction of sp³-hybridized carbons (Fsp3) is 0.0667. The lowest BCUT2D eigenvalue weighted by atomic mass is 10.1. The van der Waals surface area contributed by atoms with E-state index in [1.807, 2.05) is 0 Å². The molecule has 5 nitrogen and oxygen atoms in total. The Hall–Kier alpha value is -2.82. The summed E-state index contributed by atoms with van der Waals surface area (Å²) >= 11 is 0. The number of carbonyl (C=O) groups is 2. The summed E-state index contributed by atoms with van der Waals surface area (Å²) in [7, 11) is 0. The highest BCUT2D eigenvalue weighted by molar-refractivity contribution is 5.76. The van der Waals surface area contributed by atoms with E-state index >= 15 is 0 Å². The van der Waals surface area contributed by atoms with Crippen LogP contribution in [0.3, 0.4) is 0 Å². The summed E-state index contributed by atoms with van der Waals surface area (Å²) in [5.74, 6) is 0. The van der Waals surface area contributed by atoms with E-state index in [4.69, 9.17) is 10.2 Å². The molecule has 0 saturated heterocycles. The molecule has 102 valence electrons. The summed E-state index contributed by atoms with van der Waals surface area (Å²) in [6.07, 6.45) is -2.52. The lowest BCUT2D eigenvalue weighted by molar-refractivity contribution is 0.0802. The van der Waals surface area contributed by atoms with Gasteiger partial charge in [0.2, 0.25) is 0 Å². The van der Waals surface area contributed by atoms with Crippen LogP contribution in [0.1, 0.15) is 11.1 Å². The topological polar surface area (TPSA) is 83.8 Å². The molecule has 2 N–H and O–H groups in total. The molecule has 5 heteroatoms. The first-order valence-corrected chi connectivity index (χ1v) is 5.88. The van der Waals surface area contributed by atoms with Crippen molar-refractivity contribution in [1.29, 1.82) is 0 Å². The fourth-order valence-electron chi connectivity index (χ4n) is 2.15. The van der Waals surface area contributed by atoms with Gasteiger partial charge >= 0.3 is 12.3 Å². The molecule has 0 atom stereocenters. The highest BCUT2D eigenvalue weighted by Crippen LogP contribution is 2.35. The van der Waals surface area contributed by atoms with Crippen LogP contribution in [0.2, 0.25) is 0 Å². The summed E-state index contributed by atoms with van der Waals surface area (Å²) in [6.45, 7) is 0. The Morgan fingerprint density at radius 1 is 0.800 bits per heavy atom. The Morgan fingerprint density at radius 2 is 1.20 bits per heavy atom. The van der Waals surface area contributed by atoms with Crippen LogP contribution in [0.5, 0.6) is 0 Å². The van der Waals surface area contributed by atoms with Gasteiger partial charge in [0.25, 0.3) is 0 Å². The number of carboxylic acid groups (broad SMARTS) is 2. The van der Waals surface area contributed by atoms with Gasteiger partial charge in [-0.3, -0.25) is 0 Å². The monoisotopic (exact) mass is 272 g/mol. The van der Waals surface area contributed by atoms with E-state index in [1.54, 1.807) is 0 Å². The highest BCUT2D eigenvalue weighted by atomic mass is 16.7. The van der Waals surface area contributed by atoms with Crippen molar-refractivity contribution in [1.82, 2.24) is 0 Å². The first-order valence-electron chi connectivity index (χ1n) is 5.88. The molecule has 2 aromatic rings. The third kappa shape index (κ3) is 3.14. The van der Waals surface area contributed by atoms with Gasteiger partial charge in [0.15, 0.2) is 0 Å². The van der Waals surface area contributed by atoms with Crippen LogP contribution >= 0.6 is 0 Å². The number of hydrogen-bond acceptors (Lipinski definition) is 3. The average molecular weight is 272 g/mol. The van der Waals surface area contributed by atoms with Gasteiger partial charge in [-0.15, -0.1) is 0 Å². The van der Waals surface area contributed by atoms with Gasteiger partial charge in [-0.2, -0.15) is 0 Å². The standard InChI is InChI=1S/C13H10.C2H2O5/c1-3-7-12-10(5-1)9-11-6-2-4-8-13(11)12;3-1(4)7-2(5)6/h1-8H,9H2;(H,3,4)(H,5,6). The van der Waals surface area contributed by atoms with Crippen molar-refractivity contribution in [2.24, 2.45) is 0 Å². The third-order valence-corrected chi connectivity index (χ3v) is 2.88. The van der Waals surface area contributed by atoms with Gasteiger partial charge in [-0.25, -0.2) is 9.59 Å². The van der Waals surface area contributed by atoms with Crippen LogP contribution in [0, 0.1) is 0 Å². The van der Waals surface area contributed by atoms with Gasteiger partial charge in [0, 0.05) is 0 Å². The van der Waals surface area contributed by atoms with Crippen molar-refractivity contribution in [3.05, 3.63) is 59.7 Å². The number of hydrogen-bond donors (Lipinski definition) is 2. The molecule has 0 saturated carbocycles. The van der Waals surface area contributed by atoms with Crippen LogP contribution in [0.15, 0.2) is 48.5 Å². The molecule has 1 aliphatic rings. The molecular weight excluding hydrogens is 260 g/mol. The number of fused-ring (bicyclic) bond motifs is 3. The zero-order chi connectivity index (χ0) is 14.5. The Balaban J connectivity index is 0.000000182. The Bertz CT molecular complexity index is 593. The molecule has 2 aromatic carbocycles. The van der Waals surface area contributed by atoms with Crippen LogP contribution in [0.25, 0.3) is 11.1 Å². The second-order valence-electron chi connectivity index (χ2n) is 4.12. The minimum atomic E-state index is -1.81. The van der Waals surface area contributed by atoms with Crippen molar-refractivity contribution in [2.45, 2.75) is 6.42 Å². The second kappa shape index (κ2) is 5.88. The smallest absolute Gasteiger partial charge is 0.449 e. The second-order valence-corrected chi connectivity index (χ2v) is 4.12. The Labute approximate surface area is 115 Å². The van der Waals surface area contributed by atoms with Crippen LogP contribution < -0.4 is 0 Å². The van der Waals surface area contributed by atoms with E-state index in [2.05, 4.69) is 53.3 Å². The van der Waals surface area contributed by atoms with E-state index in [1.165, 1.54) is 22.3 Å². The molecule has 0 aliphatic heterocycles. The summed E-state index contributed by atoms with van der Waals surface area (Å²) < 4.78 is 3.08. The molecule has 0 fully saturated rings. The minimum Gasteiger partial charge on any atom is -0.449 e. The SMILES string of the molecule is O=C(O)OC(=O)O.c1ccc2c(c1)Cc1ccccc1-2. The third-order valence-electron chi connectivity index (χ3n) is 2.88. The van der Waals surface area contributed by atoms with E-state index in [0.717, 1.165) is 6.42 Å². The zero-order valence-electron chi connectivity index (χ0n) is 10.4. The van der Waals surface area contributed by atoms with Gasteiger partial charge in [-0.1, -0.05) is 48.5 Å². The van der Waals surface area contributed by atoms with Crippen molar-refractivity contribution >= 4 is 12.3 Å². The summed E-state index contributed by atoms with van der Waals surface area (Å²) in [4.78, 5) is 18.4. The van der Waals surface area contributed by atoms with Crippen molar-refractivity contribution in [3.63, 3.8) is 0 Å². The quantitative estimate of drug-likeness (QED) is 0.482. The highest BCUT2D eigenvalue weighted by Gasteiger charge is 2.15. The maximum absolute atomic E-state index is 9.21. The molecular formula is C15H12O5. The molecule has 0 aromatic heterocycles. The predicted octanol–water partition coefficient (Wildman–Crippen LogP) is 3.62. The van der Waals surface area contributed by atoms with Crippen molar-refractivity contribution in [2.75, 3.05) is 0 Å². The lowest BCUT2D eigenvalue weighted by Crippen LogP contribution is -2.05. The molecule has 0 bridgehead atoms. The number of rotatable bonds is 0. The molecule has 0 heterocycles. The average Bonchev–Trinajstić information content (AvgIpc) is 2.76. The van der Waals surface area contributed by atoms with Gasteiger partial charge in [0.1, 0.15) is 0 Å². The summed E-state index contributed by atoms with van der Waals surface area (Å²) in [5, 5.41) is 15.0. The first-order chi connectivity index (χ1) is 9.58. The van der Waals surface area contributed by atoms with Crippen molar-refractivity contribution in [3.8, 4) is 11.1 Å². The Morgan fingerprint density at radius 3 is 1.55 bits per heavy atom. The van der Waals surface area contributed by atoms with E-state index in [0.29, 0.717) is 0 Å². The lowest BCUT2D eigenvalue weighted by Gasteiger charge is -1.98. The zero-order valence-corrected chi connectivity index (χ0v) is 10.4.